The summed E-state index contributed by atoms with van der Waals surface area (Å²) in [6.45, 7) is 0.579. The van der Waals surface area contributed by atoms with Crippen LogP contribution in [-0.4, -0.2) is 19.7 Å². The third-order valence-corrected chi connectivity index (χ3v) is 3.47. The van der Waals surface area contributed by atoms with E-state index in [1.54, 1.807) is 7.11 Å². The SMILES string of the molecule is COc1cccc([C@@]23C[C@@H]2COC3=O)c1. The zero-order chi connectivity index (χ0) is 10.5. The van der Waals surface area contributed by atoms with Crippen molar-refractivity contribution in [2.75, 3.05) is 13.7 Å². The van der Waals surface area contributed by atoms with Crippen molar-refractivity contribution in [3.63, 3.8) is 0 Å². The van der Waals surface area contributed by atoms with Gasteiger partial charge in [-0.05, 0) is 24.1 Å². The summed E-state index contributed by atoms with van der Waals surface area (Å²) >= 11 is 0. The molecule has 1 aromatic rings. The van der Waals surface area contributed by atoms with Gasteiger partial charge in [0.25, 0.3) is 0 Å². The zero-order valence-corrected chi connectivity index (χ0v) is 8.53. The van der Waals surface area contributed by atoms with E-state index in [1.165, 1.54) is 0 Å². The molecule has 2 fully saturated rings. The van der Waals surface area contributed by atoms with E-state index in [1.807, 2.05) is 24.3 Å². The van der Waals surface area contributed by atoms with E-state index < -0.39 is 0 Å². The molecule has 0 aromatic heterocycles. The Balaban J connectivity index is 2.03. The van der Waals surface area contributed by atoms with Crippen molar-refractivity contribution in [3.8, 4) is 5.75 Å². The predicted molar refractivity (Wildman–Crippen MR) is 53.7 cm³/mol. The quantitative estimate of drug-likeness (QED) is 0.685. The summed E-state index contributed by atoms with van der Waals surface area (Å²) in [5.41, 5.74) is 0.698. The van der Waals surface area contributed by atoms with Crippen molar-refractivity contribution in [2.24, 2.45) is 5.92 Å². The van der Waals surface area contributed by atoms with Crippen LogP contribution in [0.4, 0.5) is 0 Å². The van der Waals surface area contributed by atoms with Crippen LogP contribution in [-0.2, 0) is 14.9 Å². The molecule has 1 aliphatic carbocycles. The van der Waals surface area contributed by atoms with Crippen LogP contribution in [0.3, 0.4) is 0 Å². The predicted octanol–water partition coefficient (Wildman–Crippen LogP) is 1.51. The molecular weight excluding hydrogens is 192 g/mol. The second-order valence-corrected chi connectivity index (χ2v) is 4.20. The highest BCUT2D eigenvalue weighted by atomic mass is 16.5. The van der Waals surface area contributed by atoms with E-state index >= 15 is 0 Å². The number of rotatable bonds is 2. The van der Waals surface area contributed by atoms with Crippen LogP contribution >= 0.6 is 0 Å². The number of fused-ring (bicyclic) bond motifs is 1. The largest absolute Gasteiger partial charge is 0.497 e. The average molecular weight is 204 g/mol. The molecule has 15 heavy (non-hydrogen) atoms. The molecule has 1 aromatic carbocycles. The molecule has 3 nitrogen and oxygen atoms in total. The Morgan fingerprint density at radius 3 is 3.00 bits per heavy atom. The monoisotopic (exact) mass is 204 g/mol. The van der Waals surface area contributed by atoms with Gasteiger partial charge in [0.05, 0.1) is 19.1 Å². The van der Waals surface area contributed by atoms with Crippen LogP contribution in [0, 0.1) is 5.92 Å². The summed E-state index contributed by atoms with van der Waals surface area (Å²) in [5, 5.41) is 0. The Labute approximate surface area is 88.0 Å². The number of carbonyl (C=O) groups excluding carboxylic acids is 1. The molecule has 0 bridgehead atoms. The Bertz CT molecular complexity index is 427. The summed E-state index contributed by atoms with van der Waals surface area (Å²) in [5.74, 6) is 1.12. The van der Waals surface area contributed by atoms with Crippen LogP contribution in [0.2, 0.25) is 0 Å². The van der Waals surface area contributed by atoms with Gasteiger partial charge in [-0.15, -0.1) is 0 Å². The molecule has 78 valence electrons. The minimum atomic E-state index is -0.339. The number of cyclic esters (lactones) is 1. The molecule has 1 heterocycles. The second-order valence-electron chi connectivity index (χ2n) is 4.20. The van der Waals surface area contributed by atoms with Crippen LogP contribution in [0.15, 0.2) is 24.3 Å². The van der Waals surface area contributed by atoms with Gasteiger partial charge in [-0.25, -0.2) is 0 Å². The maximum absolute atomic E-state index is 11.7. The number of ether oxygens (including phenoxy) is 2. The van der Waals surface area contributed by atoms with E-state index in [-0.39, 0.29) is 11.4 Å². The highest BCUT2D eigenvalue weighted by Crippen LogP contribution is 2.59. The van der Waals surface area contributed by atoms with E-state index in [0.29, 0.717) is 12.5 Å². The van der Waals surface area contributed by atoms with Gasteiger partial charge >= 0.3 is 5.97 Å². The van der Waals surface area contributed by atoms with Crippen LogP contribution in [0.25, 0.3) is 0 Å². The summed E-state index contributed by atoms with van der Waals surface area (Å²) in [6, 6.07) is 7.73. The number of esters is 1. The Morgan fingerprint density at radius 1 is 1.53 bits per heavy atom. The van der Waals surface area contributed by atoms with Gasteiger partial charge in [-0.2, -0.15) is 0 Å². The van der Waals surface area contributed by atoms with Crippen molar-refractivity contribution < 1.29 is 14.3 Å². The fourth-order valence-corrected chi connectivity index (χ4v) is 2.46. The molecule has 1 saturated heterocycles. The lowest BCUT2D eigenvalue weighted by Crippen LogP contribution is -2.18. The standard InChI is InChI=1S/C12H12O3/c1-14-10-4-2-3-8(5-10)12-6-9(12)7-15-11(12)13/h2-5,9H,6-7H2,1H3/t9-,12+/m1/s1. The summed E-state index contributed by atoms with van der Waals surface area (Å²) in [4.78, 5) is 11.7. The first-order chi connectivity index (χ1) is 7.27. The molecule has 2 atom stereocenters. The van der Waals surface area contributed by atoms with Crippen molar-refractivity contribution >= 4 is 5.97 Å². The fraction of sp³-hybridized carbons (Fsp3) is 0.417. The lowest BCUT2D eigenvalue weighted by Gasteiger charge is -2.10. The molecular formula is C12H12O3. The van der Waals surface area contributed by atoms with Gasteiger partial charge in [0.15, 0.2) is 0 Å². The normalized spacial score (nSPS) is 32.1. The molecule has 1 saturated carbocycles. The van der Waals surface area contributed by atoms with Crippen LogP contribution in [0.1, 0.15) is 12.0 Å². The maximum Gasteiger partial charge on any atom is 0.317 e. The molecule has 3 heteroatoms. The van der Waals surface area contributed by atoms with Crippen molar-refractivity contribution in [1.82, 2.24) is 0 Å². The number of hydrogen-bond donors (Lipinski definition) is 0. The van der Waals surface area contributed by atoms with Crippen molar-refractivity contribution in [1.29, 1.82) is 0 Å². The fourth-order valence-electron chi connectivity index (χ4n) is 2.46. The molecule has 0 unspecified atom stereocenters. The van der Waals surface area contributed by atoms with E-state index in [2.05, 4.69) is 0 Å². The third kappa shape index (κ3) is 1.03. The van der Waals surface area contributed by atoms with Crippen LogP contribution in [0.5, 0.6) is 5.75 Å². The summed E-state index contributed by atoms with van der Waals surface area (Å²) in [6.07, 6.45) is 0.930. The smallest absolute Gasteiger partial charge is 0.317 e. The van der Waals surface area contributed by atoms with Gasteiger partial charge in [0.2, 0.25) is 0 Å². The minimum absolute atomic E-state index is 0.0687. The van der Waals surface area contributed by atoms with Crippen molar-refractivity contribution in [2.45, 2.75) is 11.8 Å². The first-order valence-electron chi connectivity index (χ1n) is 5.09. The second kappa shape index (κ2) is 2.75. The molecule has 0 radical (unpaired) electrons. The van der Waals surface area contributed by atoms with Gasteiger partial charge in [0.1, 0.15) is 5.75 Å². The minimum Gasteiger partial charge on any atom is -0.497 e. The van der Waals surface area contributed by atoms with E-state index in [4.69, 9.17) is 9.47 Å². The highest BCUT2D eigenvalue weighted by Gasteiger charge is 2.66. The number of hydrogen-bond acceptors (Lipinski definition) is 3. The Kier molecular flexibility index (Phi) is 1.61. The molecule has 1 aliphatic heterocycles. The third-order valence-electron chi connectivity index (χ3n) is 3.47. The summed E-state index contributed by atoms with van der Waals surface area (Å²) < 4.78 is 10.2. The summed E-state index contributed by atoms with van der Waals surface area (Å²) in [7, 11) is 1.63. The van der Waals surface area contributed by atoms with Crippen molar-refractivity contribution in [3.05, 3.63) is 29.8 Å². The number of benzene rings is 1. The van der Waals surface area contributed by atoms with Gasteiger partial charge < -0.3 is 9.47 Å². The first kappa shape index (κ1) is 8.77. The van der Waals surface area contributed by atoms with E-state index in [9.17, 15) is 4.79 Å². The first-order valence-corrected chi connectivity index (χ1v) is 5.09. The van der Waals surface area contributed by atoms with Gasteiger partial charge in [-0.3, -0.25) is 4.79 Å². The van der Waals surface area contributed by atoms with Gasteiger partial charge in [-0.1, -0.05) is 12.1 Å². The topological polar surface area (TPSA) is 35.5 Å². The van der Waals surface area contributed by atoms with Gasteiger partial charge in [0, 0.05) is 5.92 Å². The number of carbonyl (C=O) groups is 1. The molecule has 0 spiro atoms. The lowest BCUT2D eigenvalue weighted by atomic mass is 9.94. The zero-order valence-electron chi connectivity index (χ0n) is 8.53. The molecule has 0 amide bonds. The van der Waals surface area contributed by atoms with Crippen LogP contribution < -0.4 is 4.74 Å². The maximum atomic E-state index is 11.7. The van der Waals surface area contributed by atoms with E-state index in [0.717, 1.165) is 17.7 Å². The Morgan fingerprint density at radius 2 is 2.40 bits per heavy atom. The molecule has 3 rings (SSSR count). The molecule has 2 aliphatic rings. The number of methoxy groups -OCH3 is 1. The lowest BCUT2D eigenvalue weighted by molar-refractivity contribution is -0.142. The molecule has 0 N–H and O–H groups in total. The average Bonchev–Trinajstić information content (AvgIpc) is 2.94. The Hall–Kier alpha value is -1.51. The highest BCUT2D eigenvalue weighted by molar-refractivity contribution is 5.90.